The van der Waals surface area contributed by atoms with Crippen LogP contribution < -0.4 is 0 Å². The van der Waals surface area contributed by atoms with Crippen molar-refractivity contribution >= 4 is 0 Å². The maximum Gasteiger partial charge on any atom is 0.0805 e. The summed E-state index contributed by atoms with van der Waals surface area (Å²) in [7, 11) is 0. The van der Waals surface area contributed by atoms with E-state index in [-0.39, 0.29) is 0 Å². The van der Waals surface area contributed by atoms with Gasteiger partial charge in [-0.05, 0) is 13.3 Å². The number of hydrogen-bond acceptors (Lipinski definition) is 2. The average molecular weight is 128 g/mol. The van der Waals surface area contributed by atoms with Gasteiger partial charge < -0.3 is 10.2 Å². The SMILES string of the molecule is C#CCCC(O)C(C)O. The molecule has 0 aliphatic carbocycles. The van der Waals surface area contributed by atoms with Gasteiger partial charge in [0.1, 0.15) is 0 Å². The third kappa shape index (κ3) is 4.01. The van der Waals surface area contributed by atoms with Crippen LogP contribution in [0.25, 0.3) is 0 Å². The van der Waals surface area contributed by atoms with E-state index in [1.807, 2.05) is 0 Å². The second-order valence-corrected chi connectivity index (χ2v) is 2.05. The summed E-state index contributed by atoms with van der Waals surface area (Å²) in [6, 6.07) is 0. The average Bonchev–Trinajstić information content (AvgIpc) is 1.82. The van der Waals surface area contributed by atoms with Gasteiger partial charge in [-0.2, -0.15) is 0 Å². The summed E-state index contributed by atoms with van der Waals surface area (Å²) in [5.74, 6) is 2.38. The molecule has 2 heteroatoms. The lowest BCUT2D eigenvalue weighted by Crippen LogP contribution is -2.21. The van der Waals surface area contributed by atoms with E-state index in [0.29, 0.717) is 12.8 Å². The molecule has 0 bridgehead atoms. The molecule has 0 aromatic carbocycles. The van der Waals surface area contributed by atoms with Crippen molar-refractivity contribution in [2.75, 3.05) is 0 Å². The summed E-state index contributed by atoms with van der Waals surface area (Å²) >= 11 is 0. The van der Waals surface area contributed by atoms with E-state index in [1.54, 1.807) is 6.92 Å². The summed E-state index contributed by atoms with van der Waals surface area (Å²) in [4.78, 5) is 0. The van der Waals surface area contributed by atoms with Crippen molar-refractivity contribution in [3.8, 4) is 12.3 Å². The van der Waals surface area contributed by atoms with Crippen LogP contribution in [-0.2, 0) is 0 Å². The number of aliphatic hydroxyl groups is 2. The molecule has 0 spiro atoms. The van der Waals surface area contributed by atoms with Gasteiger partial charge in [0, 0.05) is 6.42 Å². The summed E-state index contributed by atoms with van der Waals surface area (Å²) in [6.45, 7) is 1.54. The van der Waals surface area contributed by atoms with E-state index >= 15 is 0 Å². The monoisotopic (exact) mass is 128 g/mol. The Morgan fingerprint density at radius 2 is 2.11 bits per heavy atom. The summed E-state index contributed by atoms with van der Waals surface area (Å²) in [5.41, 5.74) is 0. The molecule has 9 heavy (non-hydrogen) atoms. The molecule has 52 valence electrons. The number of hydrogen-bond donors (Lipinski definition) is 2. The van der Waals surface area contributed by atoms with E-state index in [1.165, 1.54) is 0 Å². The molecule has 0 amide bonds. The van der Waals surface area contributed by atoms with Crippen LogP contribution in [0.2, 0.25) is 0 Å². The van der Waals surface area contributed by atoms with Gasteiger partial charge in [-0.25, -0.2) is 0 Å². The fourth-order valence-corrected chi connectivity index (χ4v) is 0.472. The lowest BCUT2D eigenvalue weighted by molar-refractivity contribution is 0.0272. The topological polar surface area (TPSA) is 40.5 Å². The molecule has 2 nitrogen and oxygen atoms in total. The van der Waals surface area contributed by atoms with Crippen molar-refractivity contribution in [1.82, 2.24) is 0 Å². The Balaban J connectivity index is 3.29. The number of terminal acetylenes is 1. The standard InChI is InChI=1S/C7H12O2/c1-3-4-5-7(9)6(2)8/h1,6-9H,4-5H2,2H3. The molecular weight excluding hydrogens is 116 g/mol. The highest BCUT2D eigenvalue weighted by Gasteiger charge is 2.08. The molecule has 0 rings (SSSR count). The molecule has 0 aliphatic rings. The Hall–Kier alpha value is -0.520. The highest BCUT2D eigenvalue weighted by atomic mass is 16.3. The van der Waals surface area contributed by atoms with Gasteiger partial charge in [-0.1, -0.05) is 0 Å². The minimum Gasteiger partial charge on any atom is -0.391 e. The van der Waals surface area contributed by atoms with Crippen molar-refractivity contribution in [1.29, 1.82) is 0 Å². The molecule has 0 heterocycles. The maximum absolute atomic E-state index is 8.91. The molecule has 0 fully saturated rings. The zero-order chi connectivity index (χ0) is 7.28. The van der Waals surface area contributed by atoms with Crippen LogP contribution >= 0.6 is 0 Å². The van der Waals surface area contributed by atoms with Crippen LogP contribution in [0, 0.1) is 12.3 Å². The van der Waals surface area contributed by atoms with E-state index in [0.717, 1.165) is 0 Å². The molecule has 2 atom stereocenters. The predicted molar refractivity (Wildman–Crippen MR) is 35.8 cm³/mol. The van der Waals surface area contributed by atoms with E-state index < -0.39 is 12.2 Å². The largest absolute Gasteiger partial charge is 0.391 e. The predicted octanol–water partition coefficient (Wildman–Crippen LogP) is 0.141. The highest BCUT2D eigenvalue weighted by Crippen LogP contribution is 1.99. The number of aliphatic hydroxyl groups excluding tert-OH is 2. The van der Waals surface area contributed by atoms with Gasteiger partial charge >= 0.3 is 0 Å². The van der Waals surface area contributed by atoms with Crippen molar-refractivity contribution in [2.24, 2.45) is 0 Å². The first-order valence-electron chi connectivity index (χ1n) is 2.98. The van der Waals surface area contributed by atoms with Gasteiger partial charge in [-0.3, -0.25) is 0 Å². The van der Waals surface area contributed by atoms with Crippen molar-refractivity contribution in [3.63, 3.8) is 0 Å². The fourth-order valence-electron chi connectivity index (χ4n) is 0.472. The smallest absolute Gasteiger partial charge is 0.0805 e. The van der Waals surface area contributed by atoms with Gasteiger partial charge in [-0.15, -0.1) is 12.3 Å². The Bertz CT molecular complexity index is 102. The third-order valence-electron chi connectivity index (χ3n) is 1.14. The van der Waals surface area contributed by atoms with E-state index in [4.69, 9.17) is 16.6 Å². The Morgan fingerprint density at radius 3 is 2.44 bits per heavy atom. The molecule has 0 aliphatic heterocycles. The first-order chi connectivity index (χ1) is 4.18. The zero-order valence-electron chi connectivity index (χ0n) is 5.54. The zero-order valence-corrected chi connectivity index (χ0v) is 5.54. The Kier molecular flexibility index (Phi) is 4.12. The van der Waals surface area contributed by atoms with Crippen LogP contribution in [0.1, 0.15) is 19.8 Å². The Morgan fingerprint density at radius 1 is 1.56 bits per heavy atom. The third-order valence-corrected chi connectivity index (χ3v) is 1.14. The van der Waals surface area contributed by atoms with Crippen molar-refractivity contribution in [2.45, 2.75) is 32.0 Å². The lowest BCUT2D eigenvalue weighted by Gasteiger charge is -2.10. The second-order valence-electron chi connectivity index (χ2n) is 2.05. The molecule has 2 unspecified atom stereocenters. The van der Waals surface area contributed by atoms with Crippen molar-refractivity contribution in [3.05, 3.63) is 0 Å². The van der Waals surface area contributed by atoms with Gasteiger partial charge in [0.05, 0.1) is 12.2 Å². The number of rotatable bonds is 3. The summed E-state index contributed by atoms with van der Waals surface area (Å²) < 4.78 is 0. The quantitative estimate of drug-likeness (QED) is 0.531. The normalized spacial score (nSPS) is 16.2. The molecule has 0 radical (unpaired) electrons. The first kappa shape index (κ1) is 8.48. The van der Waals surface area contributed by atoms with Crippen LogP contribution in [-0.4, -0.2) is 22.4 Å². The van der Waals surface area contributed by atoms with E-state index in [2.05, 4.69) is 5.92 Å². The molecule has 0 saturated heterocycles. The molecule has 2 N–H and O–H groups in total. The lowest BCUT2D eigenvalue weighted by atomic mass is 10.1. The Labute approximate surface area is 55.5 Å². The maximum atomic E-state index is 8.91. The minimum absolute atomic E-state index is 0.480. The molecule has 0 saturated carbocycles. The van der Waals surface area contributed by atoms with E-state index in [9.17, 15) is 0 Å². The molecule has 0 aromatic rings. The molecular formula is C7H12O2. The van der Waals surface area contributed by atoms with Crippen LogP contribution in [0.15, 0.2) is 0 Å². The van der Waals surface area contributed by atoms with Gasteiger partial charge in [0.15, 0.2) is 0 Å². The van der Waals surface area contributed by atoms with Gasteiger partial charge in [0.2, 0.25) is 0 Å². The van der Waals surface area contributed by atoms with Crippen LogP contribution in [0.4, 0.5) is 0 Å². The van der Waals surface area contributed by atoms with Crippen LogP contribution in [0.3, 0.4) is 0 Å². The van der Waals surface area contributed by atoms with Crippen LogP contribution in [0.5, 0.6) is 0 Å². The molecule has 0 aromatic heterocycles. The van der Waals surface area contributed by atoms with Gasteiger partial charge in [0.25, 0.3) is 0 Å². The summed E-state index contributed by atoms with van der Waals surface area (Å²) in [6.07, 6.45) is 4.60. The van der Waals surface area contributed by atoms with Crippen molar-refractivity contribution < 1.29 is 10.2 Å². The second kappa shape index (κ2) is 4.37. The fraction of sp³-hybridized carbons (Fsp3) is 0.714. The first-order valence-corrected chi connectivity index (χ1v) is 2.98. The minimum atomic E-state index is -0.668. The summed E-state index contributed by atoms with van der Waals surface area (Å²) in [5, 5.41) is 17.6. The highest BCUT2D eigenvalue weighted by molar-refractivity contribution is 4.84.